The minimum Gasteiger partial charge on any atom is -0.461 e. The van der Waals surface area contributed by atoms with Crippen LogP contribution in [0, 0.1) is 23.7 Å². The highest BCUT2D eigenvalue weighted by molar-refractivity contribution is 6.45. The normalized spacial score (nSPS) is 10.9. The van der Waals surface area contributed by atoms with Crippen molar-refractivity contribution in [1.29, 1.82) is 10.7 Å². The first-order chi connectivity index (χ1) is 9.61. The fourth-order valence-electron chi connectivity index (χ4n) is 1.64. The molecule has 0 radical (unpaired) electrons. The number of hydrazone groups is 1. The number of nitriles is 1. The van der Waals surface area contributed by atoms with Gasteiger partial charge in [-0.1, -0.05) is 12.1 Å². The van der Waals surface area contributed by atoms with E-state index in [1.165, 1.54) is 0 Å². The van der Waals surface area contributed by atoms with Crippen LogP contribution in [0.4, 0.5) is 5.69 Å². The van der Waals surface area contributed by atoms with Crippen molar-refractivity contribution in [3.8, 4) is 17.4 Å². The quantitative estimate of drug-likeness (QED) is 0.449. The smallest absolute Gasteiger partial charge is 0.201 e. The van der Waals surface area contributed by atoms with Crippen molar-refractivity contribution < 1.29 is 4.42 Å². The molecule has 0 spiro atoms. The van der Waals surface area contributed by atoms with E-state index in [1.807, 2.05) is 37.3 Å². The molecule has 0 unspecified atom stereocenters. The summed E-state index contributed by atoms with van der Waals surface area (Å²) in [4.78, 5) is 0. The van der Waals surface area contributed by atoms with Gasteiger partial charge < -0.3 is 10.2 Å². The van der Waals surface area contributed by atoms with Crippen molar-refractivity contribution in [1.82, 2.24) is 0 Å². The second kappa shape index (κ2) is 5.71. The molecule has 0 saturated heterocycles. The van der Waals surface area contributed by atoms with Crippen LogP contribution in [0.2, 0.25) is 0 Å². The van der Waals surface area contributed by atoms with Gasteiger partial charge in [0.2, 0.25) is 5.71 Å². The fourth-order valence-corrected chi connectivity index (χ4v) is 1.64. The predicted octanol–water partition coefficient (Wildman–Crippen LogP) is 2.48. The zero-order chi connectivity index (χ0) is 14.5. The lowest BCUT2D eigenvalue weighted by atomic mass is 10.1. The number of hydrogen-bond donors (Lipinski definition) is 3. The summed E-state index contributed by atoms with van der Waals surface area (Å²) in [6.45, 7) is 1.86. The van der Waals surface area contributed by atoms with Gasteiger partial charge >= 0.3 is 0 Å². The molecule has 1 aromatic carbocycles. The van der Waals surface area contributed by atoms with E-state index in [1.54, 1.807) is 12.1 Å². The molecule has 0 aliphatic heterocycles. The molecule has 2 aromatic rings. The Morgan fingerprint density at radius 1 is 1.35 bits per heavy atom. The first-order valence-corrected chi connectivity index (χ1v) is 5.86. The van der Waals surface area contributed by atoms with E-state index in [0.29, 0.717) is 11.4 Å². The van der Waals surface area contributed by atoms with Crippen LogP contribution in [-0.2, 0) is 0 Å². The van der Waals surface area contributed by atoms with Gasteiger partial charge in [-0.2, -0.15) is 10.4 Å². The number of amidine groups is 1. The van der Waals surface area contributed by atoms with E-state index in [2.05, 4.69) is 10.5 Å². The van der Waals surface area contributed by atoms with Gasteiger partial charge in [0, 0.05) is 5.56 Å². The lowest BCUT2D eigenvalue weighted by Crippen LogP contribution is -2.21. The summed E-state index contributed by atoms with van der Waals surface area (Å²) in [5.41, 5.74) is 9.28. The maximum Gasteiger partial charge on any atom is 0.201 e. The number of nitrogens with one attached hydrogen (secondary N) is 2. The molecular weight excluding hydrogens is 254 g/mol. The Bertz CT molecular complexity index is 708. The summed E-state index contributed by atoms with van der Waals surface area (Å²) < 4.78 is 5.57. The zero-order valence-corrected chi connectivity index (χ0v) is 10.8. The molecule has 6 heteroatoms. The molecule has 0 bridgehead atoms. The molecule has 0 aliphatic rings. The summed E-state index contributed by atoms with van der Waals surface area (Å²) >= 11 is 0. The molecule has 20 heavy (non-hydrogen) atoms. The molecule has 2 rings (SSSR count). The topological polar surface area (TPSA) is 111 Å². The van der Waals surface area contributed by atoms with E-state index >= 15 is 0 Å². The predicted molar refractivity (Wildman–Crippen MR) is 77.5 cm³/mol. The monoisotopic (exact) mass is 267 g/mol. The van der Waals surface area contributed by atoms with Gasteiger partial charge in [-0.25, -0.2) is 0 Å². The lowest BCUT2D eigenvalue weighted by molar-refractivity contribution is 0.548. The van der Waals surface area contributed by atoms with E-state index in [0.717, 1.165) is 11.3 Å². The first kappa shape index (κ1) is 13.4. The van der Waals surface area contributed by atoms with E-state index in [-0.39, 0.29) is 11.5 Å². The van der Waals surface area contributed by atoms with Crippen LogP contribution in [0.1, 0.15) is 5.76 Å². The molecule has 6 nitrogen and oxygen atoms in total. The first-order valence-electron chi connectivity index (χ1n) is 5.86. The van der Waals surface area contributed by atoms with Gasteiger partial charge in [-0.15, -0.1) is 0 Å². The Morgan fingerprint density at radius 2 is 2.10 bits per heavy atom. The van der Waals surface area contributed by atoms with E-state index < -0.39 is 0 Å². The highest BCUT2D eigenvalue weighted by Crippen LogP contribution is 2.29. The summed E-state index contributed by atoms with van der Waals surface area (Å²) in [5.74, 6) is 1.12. The summed E-state index contributed by atoms with van der Waals surface area (Å²) in [6, 6.07) is 12.8. The molecule has 0 atom stereocenters. The largest absolute Gasteiger partial charge is 0.461 e. The Hall–Kier alpha value is -3.07. The molecule has 100 valence electrons. The minimum absolute atomic E-state index is 0.171. The van der Waals surface area contributed by atoms with Crippen molar-refractivity contribution >= 4 is 17.2 Å². The highest BCUT2D eigenvalue weighted by Gasteiger charge is 2.08. The van der Waals surface area contributed by atoms with Crippen LogP contribution in [-0.4, -0.2) is 11.5 Å². The van der Waals surface area contributed by atoms with Crippen molar-refractivity contribution in [2.75, 3.05) is 5.43 Å². The average Bonchev–Trinajstić information content (AvgIpc) is 2.86. The SMILES string of the molecule is Cc1ccc(-c2ccccc2N/N=C(\C#N)C(=N)N)o1. The molecule has 1 heterocycles. The van der Waals surface area contributed by atoms with Crippen molar-refractivity contribution in [3.63, 3.8) is 0 Å². The average molecular weight is 267 g/mol. The minimum atomic E-state index is -0.383. The second-order valence-corrected chi connectivity index (χ2v) is 4.05. The highest BCUT2D eigenvalue weighted by atomic mass is 16.3. The maximum atomic E-state index is 8.80. The molecule has 0 saturated carbocycles. The molecule has 4 N–H and O–H groups in total. The number of benzene rings is 1. The number of anilines is 1. The fraction of sp³-hybridized carbons (Fsp3) is 0.0714. The third-order valence-electron chi connectivity index (χ3n) is 2.58. The van der Waals surface area contributed by atoms with Gasteiger partial charge in [0.1, 0.15) is 17.6 Å². The number of aryl methyl sites for hydroxylation is 1. The third kappa shape index (κ3) is 2.84. The Morgan fingerprint density at radius 3 is 2.70 bits per heavy atom. The molecule has 0 fully saturated rings. The van der Waals surface area contributed by atoms with Gasteiger partial charge in [-0.3, -0.25) is 10.8 Å². The van der Waals surface area contributed by atoms with Crippen LogP contribution < -0.4 is 11.2 Å². The van der Waals surface area contributed by atoms with Crippen LogP contribution in [0.25, 0.3) is 11.3 Å². The molecular formula is C14H13N5O. The Kier molecular flexibility index (Phi) is 3.82. The summed E-state index contributed by atoms with van der Waals surface area (Å²) in [5, 5.41) is 19.8. The second-order valence-electron chi connectivity index (χ2n) is 4.05. The molecule has 1 aromatic heterocycles. The van der Waals surface area contributed by atoms with E-state index in [4.69, 9.17) is 20.8 Å². The van der Waals surface area contributed by atoms with Gasteiger partial charge in [0.25, 0.3) is 0 Å². The number of nitrogens with two attached hydrogens (primary N) is 1. The lowest BCUT2D eigenvalue weighted by Gasteiger charge is -2.06. The maximum absolute atomic E-state index is 8.80. The number of nitrogens with zero attached hydrogens (tertiary/aromatic N) is 2. The van der Waals surface area contributed by atoms with E-state index in [9.17, 15) is 0 Å². The van der Waals surface area contributed by atoms with Crippen LogP contribution in [0.5, 0.6) is 0 Å². The van der Waals surface area contributed by atoms with Crippen LogP contribution >= 0.6 is 0 Å². The zero-order valence-electron chi connectivity index (χ0n) is 10.8. The standard InChI is InChI=1S/C14H13N5O/c1-9-6-7-13(20-9)10-4-2-3-5-11(10)18-19-12(8-15)14(16)17/h2-7,18H,1H3,(H3,16,17)/b19-12+. The van der Waals surface area contributed by atoms with Gasteiger partial charge in [0.05, 0.1) is 5.69 Å². The van der Waals surface area contributed by atoms with Gasteiger partial charge in [0.15, 0.2) is 5.84 Å². The Labute approximate surface area is 116 Å². The number of para-hydroxylation sites is 1. The summed E-state index contributed by atoms with van der Waals surface area (Å²) in [7, 11) is 0. The van der Waals surface area contributed by atoms with Crippen molar-refractivity contribution in [3.05, 3.63) is 42.2 Å². The van der Waals surface area contributed by atoms with Crippen LogP contribution in [0.15, 0.2) is 45.9 Å². The Balaban J connectivity index is 2.35. The van der Waals surface area contributed by atoms with Crippen molar-refractivity contribution in [2.45, 2.75) is 6.92 Å². The van der Waals surface area contributed by atoms with Crippen LogP contribution in [0.3, 0.4) is 0 Å². The summed E-state index contributed by atoms with van der Waals surface area (Å²) in [6.07, 6.45) is 0. The van der Waals surface area contributed by atoms with Crippen molar-refractivity contribution in [2.24, 2.45) is 10.8 Å². The third-order valence-corrected chi connectivity index (χ3v) is 2.58. The molecule has 0 amide bonds. The number of rotatable bonds is 4. The number of furan rings is 1. The number of hydrogen-bond acceptors (Lipinski definition) is 5. The molecule has 0 aliphatic carbocycles. The van der Waals surface area contributed by atoms with Gasteiger partial charge in [-0.05, 0) is 31.2 Å².